The van der Waals surface area contributed by atoms with Gasteiger partial charge in [0, 0.05) is 17.9 Å². The molecular weight excluding hydrogens is 282 g/mol. The fourth-order valence-corrected chi connectivity index (χ4v) is 2.50. The number of fused-ring (bicyclic) bond motifs is 1. The van der Waals surface area contributed by atoms with Gasteiger partial charge in [0.1, 0.15) is 17.9 Å². The number of anilines is 1. The first-order valence-corrected chi connectivity index (χ1v) is 7.14. The van der Waals surface area contributed by atoms with E-state index >= 15 is 0 Å². The van der Waals surface area contributed by atoms with E-state index in [1.807, 2.05) is 0 Å². The summed E-state index contributed by atoms with van der Waals surface area (Å²) in [4.78, 5) is 21.1. The van der Waals surface area contributed by atoms with Gasteiger partial charge < -0.3 is 9.73 Å². The zero-order valence-electron chi connectivity index (χ0n) is 12.3. The fourth-order valence-electron chi connectivity index (χ4n) is 2.50. The van der Waals surface area contributed by atoms with Crippen molar-refractivity contribution in [2.75, 3.05) is 5.32 Å². The van der Waals surface area contributed by atoms with Crippen molar-refractivity contribution in [2.24, 2.45) is 0 Å². The largest absolute Gasteiger partial charge is 0.442 e. The van der Waals surface area contributed by atoms with Crippen LogP contribution in [0.1, 0.15) is 35.9 Å². The Morgan fingerprint density at radius 2 is 2.23 bits per heavy atom. The highest BCUT2D eigenvalue weighted by atomic mass is 16.3. The molecule has 3 heterocycles. The van der Waals surface area contributed by atoms with E-state index in [0.29, 0.717) is 28.2 Å². The van der Waals surface area contributed by atoms with Crippen LogP contribution >= 0.6 is 0 Å². The minimum absolute atomic E-state index is 0.0402. The van der Waals surface area contributed by atoms with Crippen LogP contribution in [0, 0.1) is 6.92 Å². The number of rotatable bonds is 3. The lowest BCUT2D eigenvalue weighted by molar-refractivity contribution is 0.0945. The van der Waals surface area contributed by atoms with Crippen molar-refractivity contribution in [1.29, 1.82) is 0 Å². The van der Waals surface area contributed by atoms with Crippen molar-refractivity contribution < 1.29 is 9.21 Å². The van der Waals surface area contributed by atoms with Crippen molar-refractivity contribution in [3.05, 3.63) is 36.1 Å². The van der Waals surface area contributed by atoms with E-state index in [9.17, 15) is 4.79 Å². The lowest BCUT2D eigenvalue weighted by Crippen LogP contribution is -2.18. The van der Waals surface area contributed by atoms with Crippen molar-refractivity contribution in [3.8, 4) is 0 Å². The normalized spacial score (nSPS) is 15.9. The lowest BCUT2D eigenvalue weighted by atomic mass is 10.1. The van der Waals surface area contributed by atoms with Crippen LogP contribution < -0.4 is 5.32 Å². The predicted molar refractivity (Wildman–Crippen MR) is 79.8 cm³/mol. The molecule has 0 bridgehead atoms. The Hall–Kier alpha value is -2.70. The van der Waals surface area contributed by atoms with Crippen LogP contribution in [-0.4, -0.2) is 31.2 Å². The molecule has 112 valence electrons. The van der Waals surface area contributed by atoms with Crippen LogP contribution in [-0.2, 0) is 0 Å². The Morgan fingerprint density at radius 1 is 1.41 bits per heavy atom. The van der Waals surface area contributed by atoms with Gasteiger partial charge in [0.05, 0.1) is 10.9 Å². The molecule has 0 unspecified atom stereocenters. The highest BCUT2D eigenvalue weighted by Crippen LogP contribution is 2.40. The summed E-state index contributed by atoms with van der Waals surface area (Å²) in [5, 5.41) is 8.02. The van der Waals surface area contributed by atoms with E-state index in [1.54, 1.807) is 25.4 Å². The number of hydrogen-bond acceptors (Lipinski definition) is 6. The molecule has 1 N–H and O–H groups in total. The standard InChI is InChI=1S/C15H15N5O2/c1-9-10(14(21)20-7-3-6-18-20)11-12(19-15(2)4-5-15)16-8-17-13(11)22-9/h3,6-8H,4-5H2,1-2H3,(H,16,17,19). The second kappa shape index (κ2) is 4.40. The Bertz CT molecular complexity index is 862. The second-order valence-corrected chi connectivity index (χ2v) is 5.88. The summed E-state index contributed by atoms with van der Waals surface area (Å²) >= 11 is 0. The van der Waals surface area contributed by atoms with Gasteiger partial charge in [-0.2, -0.15) is 5.10 Å². The topological polar surface area (TPSA) is 85.8 Å². The molecule has 3 aromatic heterocycles. The number of carbonyl (C=O) groups is 1. The summed E-state index contributed by atoms with van der Waals surface area (Å²) < 4.78 is 6.93. The third-order valence-corrected chi connectivity index (χ3v) is 4.01. The average molecular weight is 297 g/mol. The minimum Gasteiger partial charge on any atom is -0.442 e. The van der Waals surface area contributed by atoms with Gasteiger partial charge in [-0.05, 0) is 32.8 Å². The molecule has 4 rings (SSSR count). The maximum Gasteiger partial charge on any atom is 0.282 e. The number of nitrogens with one attached hydrogen (secondary N) is 1. The van der Waals surface area contributed by atoms with Crippen LogP contribution in [0.3, 0.4) is 0 Å². The van der Waals surface area contributed by atoms with Gasteiger partial charge >= 0.3 is 0 Å². The van der Waals surface area contributed by atoms with E-state index in [1.165, 1.54) is 11.0 Å². The predicted octanol–water partition coefficient (Wildman–Crippen LogP) is 2.38. The van der Waals surface area contributed by atoms with Gasteiger partial charge in [-0.25, -0.2) is 14.6 Å². The first kappa shape index (κ1) is 13.0. The number of nitrogens with zero attached hydrogens (tertiary/aromatic N) is 4. The van der Waals surface area contributed by atoms with Crippen LogP contribution in [0.25, 0.3) is 11.1 Å². The Morgan fingerprint density at radius 3 is 2.91 bits per heavy atom. The highest BCUT2D eigenvalue weighted by Gasteiger charge is 2.38. The van der Waals surface area contributed by atoms with Crippen LogP contribution in [0.15, 0.2) is 29.2 Å². The van der Waals surface area contributed by atoms with Gasteiger partial charge in [0.25, 0.3) is 5.91 Å². The van der Waals surface area contributed by atoms with Crippen molar-refractivity contribution in [2.45, 2.75) is 32.2 Å². The Balaban J connectivity index is 1.90. The van der Waals surface area contributed by atoms with Crippen molar-refractivity contribution in [1.82, 2.24) is 19.7 Å². The quantitative estimate of drug-likeness (QED) is 0.798. The van der Waals surface area contributed by atoms with Gasteiger partial charge in [-0.15, -0.1) is 0 Å². The molecule has 0 atom stereocenters. The fraction of sp³-hybridized carbons (Fsp3) is 0.333. The van der Waals surface area contributed by atoms with Crippen molar-refractivity contribution in [3.63, 3.8) is 0 Å². The number of furan rings is 1. The van der Waals surface area contributed by atoms with Crippen LogP contribution in [0.2, 0.25) is 0 Å². The van der Waals surface area contributed by atoms with E-state index in [4.69, 9.17) is 4.42 Å². The molecule has 3 aromatic rings. The zero-order valence-corrected chi connectivity index (χ0v) is 12.3. The third-order valence-electron chi connectivity index (χ3n) is 4.01. The molecule has 7 nitrogen and oxygen atoms in total. The monoisotopic (exact) mass is 297 g/mol. The average Bonchev–Trinajstić information content (AvgIpc) is 2.94. The van der Waals surface area contributed by atoms with Crippen molar-refractivity contribution >= 4 is 22.8 Å². The molecule has 0 aliphatic heterocycles. The van der Waals surface area contributed by atoms with Gasteiger partial charge in [0.2, 0.25) is 5.71 Å². The number of aryl methyl sites for hydroxylation is 1. The Kier molecular flexibility index (Phi) is 2.60. The van der Waals surface area contributed by atoms with Gasteiger partial charge in [0.15, 0.2) is 0 Å². The summed E-state index contributed by atoms with van der Waals surface area (Å²) in [5.41, 5.74) is 0.902. The summed E-state index contributed by atoms with van der Waals surface area (Å²) in [7, 11) is 0. The highest BCUT2D eigenvalue weighted by molar-refractivity contribution is 6.10. The van der Waals surface area contributed by atoms with E-state index in [0.717, 1.165) is 12.8 Å². The van der Waals surface area contributed by atoms with Crippen LogP contribution in [0.5, 0.6) is 0 Å². The maximum absolute atomic E-state index is 12.7. The summed E-state index contributed by atoms with van der Waals surface area (Å²) in [6, 6.07) is 1.70. The molecule has 1 aliphatic carbocycles. The van der Waals surface area contributed by atoms with E-state index in [-0.39, 0.29) is 11.4 Å². The first-order valence-electron chi connectivity index (χ1n) is 7.14. The molecule has 0 spiro atoms. The van der Waals surface area contributed by atoms with Gasteiger partial charge in [-0.3, -0.25) is 4.79 Å². The maximum atomic E-state index is 12.7. The molecule has 1 saturated carbocycles. The Labute approximate surface area is 126 Å². The molecule has 0 radical (unpaired) electrons. The summed E-state index contributed by atoms with van der Waals surface area (Å²) in [6.45, 7) is 3.88. The lowest BCUT2D eigenvalue weighted by Gasteiger charge is -2.12. The van der Waals surface area contributed by atoms with Crippen LogP contribution in [0.4, 0.5) is 5.82 Å². The SMILES string of the molecule is Cc1oc2ncnc(NC3(C)CC3)c2c1C(=O)n1cccn1. The van der Waals surface area contributed by atoms with Gasteiger partial charge in [-0.1, -0.05) is 0 Å². The number of carbonyl (C=O) groups excluding carboxylic acids is 1. The summed E-state index contributed by atoms with van der Waals surface area (Å²) in [5.74, 6) is 0.900. The summed E-state index contributed by atoms with van der Waals surface area (Å²) in [6.07, 6.45) is 6.78. The number of aromatic nitrogens is 4. The molecule has 7 heteroatoms. The smallest absolute Gasteiger partial charge is 0.282 e. The van der Waals surface area contributed by atoms with E-state index in [2.05, 4.69) is 27.3 Å². The zero-order chi connectivity index (χ0) is 15.3. The molecule has 22 heavy (non-hydrogen) atoms. The molecule has 1 aliphatic rings. The van der Waals surface area contributed by atoms with E-state index < -0.39 is 0 Å². The molecule has 0 amide bonds. The molecular formula is C15H15N5O2. The molecule has 0 saturated heterocycles. The minimum atomic E-state index is -0.250. The second-order valence-electron chi connectivity index (χ2n) is 5.88. The first-order chi connectivity index (χ1) is 10.6. The molecule has 0 aromatic carbocycles. The molecule has 1 fully saturated rings. The third kappa shape index (κ3) is 1.97. The number of hydrogen-bond donors (Lipinski definition) is 1.